The molecule has 0 saturated carbocycles. The average molecular weight is 217 g/mol. The summed E-state index contributed by atoms with van der Waals surface area (Å²) < 4.78 is 4.64. The zero-order chi connectivity index (χ0) is 11.7. The second kappa shape index (κ2) is 7.78. The summed E-state index contributed by atoms with van der Waals surface area (Å²) in [6.45, 7) is 2.19. The van der Waals surface area contributed by atoms with Crippen molar-refractivity contribution in [3.63, 3.8) is 0 Å². The molecule has 0 aromatic carbocycles. The Hall–Kier alpha value is -1.59. The average Bonchev–Trinajstić information content (AvgIpc) is 2.15. The molecule has 0 radical (unpaired) electrons. The summed E-state index contributed by atoms with van der Waals surface area (Å²) in [5.41, 5.74) is 0. The van der Waals surface area contributed by atoms with Gasteiger partial charge in [-0.05, 0) is 6.92 Å². The van der Waals surface area contributed by atoms with E-state index in [1.54, 1.807) is 6.92 Å². The Labute approximate surface area is 87.6 Å². The highest BCUT2D eigenvalue weighted by Gasteiger charge is 2.06. The summed E-state index contributed by atoms with van der Waals surface area (Å²) in [5.74, 6) is -1.77. The molecule has 0 atom stereocenters. The first-order valence-electron chi connectivity index (χ1n) is 4.70. The second-order valence-electron chi connectivity index (χ2n) is 2.80. The number of hydrogen-bond donors (Lipinski definition) is 2. The monoisotopic (exact) mass is 217 g/mol. The number of ether oxygens (including phenoxy) is 1. The van der Waals surface area contributed by atoms with Gasteiger partial charge < -0.3 is 15.2 Å². The van der Waals surface area contributed by atoms with Crippen LogP contribution in [0.15, 0.2) is 0 Å². The SMILES string of the molecule is CCOC(=O)CCNC(=O)CCC(=O)O. The lowest BCUT2D eigenvalue weighted by molar-refractivity contribution is -0.143. The number of carboxylic acid groups (broad SMARTS) is 1. The molecule has 0 aliphatic rings. The number of carboxylic acids is 1. The van der Waals surface area contributed by atoms with Crippen molar-refractivity contribution in [3.05, 3.63) is 0 Å². The Morgan fingerprint density at radius 2 is 1.87 bits per heavy atom. The molecule has 2 N–H and O–H groups in total. The van der Waals surface area contributed by atoms with Crippen LogP contribution in [0, 0.1) is 0 Å². The maximum Gasteiger partial charge on any atom is 0.307 e. The summed E-state index contributed by atoms with van der Waals surface area (Å²) in [5, 5.41) is 10.7. The first kappa shape index (κ1) is 13.4. The van der Waals surface area contributed by atoms with Gasteiger partial charge in [-0.3, -0.25) is 14.4 Å². The molecule has 0 rings (SSSR count). The van der Waals surface area contributed by atoms with Crippen molar-refractivity contribution >= 4 is 17.8 Å². The number of hydrogen-bond acceptors (Lipinski definition) is 4. The first-order chi connectivity index (χ1) is 7.06. The molecule has 0 bridgehead atoms. The summed E-state index contributed by atoms with van der Waals surface area (Å²) in [4.78, 5) is 31.9. The van der Waals surface area contributed by atoms with Gasteiger partial charge in [-0.2, -0.15) is 0 Å². The van der Waals surface area contributed by atoms with Crippen molar-refractivity contribution < 1.29 is 24.2 Å². The van der Waals surface area contributed by atoms with Crippen LogP contribution in [-0.2, 0) is 19.1 Å². The van der Waals surface area contributed by atoms with Crippen molar-refractivity contribution in [2.45, 2.75) is 26.2 Å². The summed E-state index contributed by atoms with van der Waals surface area (Å²) in [6.07, 6.45) is -0.171. The third-order valence-electron chi connectivity index (χ3n) is 1.52. The predicted molar refractivity (Wildman–Crippen MR) is 51.1 cm³/mol. The number of nitrogens with one attached hydrogen (secondary N) is 1. The molecule has 6 heteroatoms. The normalized spacial score (nSPS) is 9.40. The van der Waals surface area contributed by atoms with E-state index in [1.165, 1.54) is 0 Å². The van der Waals surface area contributed by atoms with Gasteiger partial charge in [-0.1, -0.05) is 0 Å². The Morgan fingerprint density at radius 1 is 1.20 bits per heavy atom. The Kier molecular flexibility index (Phi) is 6.96. The number of carbonyl (C=O) groups is 3. The largest absolute Gasteiger partial charge is 0.481 e. The number of amides is 1. The summed E-state index contributed by atoms with van der Waals surface area (Å²) in [7, 11) is 0. The number of aliphatic carboxylic acids is 1. The predicted octanol–water partition coefficient (Wildman–Crippen LogP) is -0.0794. The Balaban J connectivity index is 3.46. The van der Waals surface area contributed by atoms with Gasteiger partial charge in [0.15, 0.2) is 0 Å². The van der Waals surface area contributed by atoms with Crippen LogP contribution in [0.2, 0.25) is 0 Å². The van der Waals surface area contributed by atoms with E-state index in [2.05, 4.69) is 10.1 Å². The highest BCUT2D eigenvalue weighted by atomic mass is 16.5. The molecule has 1 amide bonds. The third-order valence-corrected chi connectivity index (χ3v) is 1.52. The van der Waals surface area contributed by atoms with Gasteiger partial charge in [0.25, 0.3) is 0 Å². The van der Waals surface area contributed by atoms with E-state index in [0.717, 1.165) is 0 Å². The minimum Gasteiger partial charge on any atom is -0.481 e. The van der Waals surface area contributed by atoms with Gasteiger partial charge in [0.05, 0.1) is 19.4 Å². The standard InChI is InChI=1S/C9H15NO5/c1-2-15-9(14)5-6-10-7(11)3-4-8(12)13/h2-6H2,1H3,(H,10,11)(H,12,13). The molecule has 0 saturated heterocycles. The van der Waals surface area contributed by atoms with Gasteiger partial charge in [-0.25, -0.2) is 0 Å². The zero-order valence-corrected chi connectivity index (χ0v) is 8.62. The highest BCUT2D eigenvalue weighted by Crippen LogP contribution is 1.89. The van der Waals surface area contributed by atoms with Crippen molar-refractivity contribution in [2.24, 2.45) is 0 Å². The van der Waals surface area contributed by atoms with E-state index in [0.29, 0.717) is 6.61 Å². The summed E-state index contributed by atoms with van der Waals surface area (Å²) >= 11 is 0. The van der Waals surface area contributed by atoms with Crippen molar-refractivity contribution in [2.75, 3.05) is 13.2 Å². The molecule has 0 spiro atoms. The fourth-order valence-corrected chi connectivity index (χ4v) is 0.846. The molecule has 0 heterocycles. The molecule has 0 fully saturated rings. The fraction of sp³-hybridized carbons (Fsp3) is 0.667. The van der Waals surface area contributed by atoms with Crippen LogP contribution >= 0.6 is 0 Å². The van der Waals surface area contributed by atoms with Crippen molar-refractivity contribution in [1.29, 1.82) is 0 Å². The van der Waals surface area contributed by atoms with E-state index in [-0.39, 0.29) is 37.7 Å². The number of esters is 1. The second-order valence-corrected chi connectivity index (χ2v) is 2.80. The lowest BCUT2D eigenvalue weighted by Crippen LogP contribution is -2.26. The van der Waals surface area contributed by atoms with Gasteiger partial charge >= 0.3 is 11.9 Å². The molecule has 6 nitrogen and oxygen atoms in total. The molecular formula is C9H15NO5. The third kappa shape index (κ3) is 8.73. The van der Waals surface area contributed by atoms with Crippen molar-refractivity contribution in [3.8, 4) is 0 Å². The molecule has 0 aliphatic carbocycles. The lowest BCUT2D eigenvalue weighted by atomic mass is 10.3. The topological polar surface area (TPSA) is 92.7 Å². The lowest BCUT2D eigenvalue weighted by Gasteiger charge is -2.03. The first-order valence-corrected chi connectivity index (χ1v) is 4.70. The fourth-order valence-electron chi connectivity index (χ4n) is 0.846. The molecule has 0 aromatic heterocycles. The highest BCUT2D eigenvalue weighted by molar-refractivity contribution is 5.81. The van der Waals surface area contributed by atoms with E-state index in [1.807, 2.05) is 0 Å². The van der Waals surface area contributed by atoms with Gasteiger partial charge in [-0.15, -0.1) is 0 Å². The van der Waals surface area contributed by atoms with Crippen LogP contribution in [0.25, 0.3) is 0 Å². The van der Waals surface area contributed by atoms with E-state index in [4.69, 9.17) is 5.11 Å². The maximum absolute atomic E-state index is 11.0. The van der Waals surface area contributed by atoms with Crippen LogP contribution in [0.1, 0.15) is 26.2 Å². The van der Waals surface area contributed by atoms with Crippen LogP contribution in [0.5, 0.6) is 0 Å². The Morgan fingerprint density at radius 3 is 2.40 bits per heavy atom. The van der Waals surface area contributed by atoms with Gasteiger partial charge in [0, 0.05) is 13.0 Å². The minimum absolute atomic E-state index is 0.0713. The van der Waals surface area contributed by atoms with Crippen molar-refractivity contribution in [1.82, 2.24) is 5.32 Å². The molecular weight excluding hydrogens is 202 g/mol. The van der Waals surface area contributed by atoms with Crippen LogP contribution in [-0.4, -0.2) is 36.1 Å². The van der Waals surface area contributed by atoms with Crippen LogP contribution < -0.4 is 5.32 Å². The van der Waals surface area contributed by atoms with Gasteiger partial charge in [0.1, 0.15) is 0 Å². The molecule has 86 valence electrons. The Bertz CT molecular complexity index is 239. The number of carbonyl (C=O) groups excluding carboxylic acids is 2. The minimum atomic E-state index is -1.02. The smallest absolute Gasteiger partial charge is 0.307 e. The van der Waals surface area contributed by atoms with E-state index >= 15 is 0 Å². The zero-order valence-electron chi connectivity index (χ0n) is 8.62. The molecule has 15 heavy (non-hydrogen) atoms. The van der Waals surface area contributed by atoms with E-state index < -0.39 is 5.97 Å². The van der Waals surface area contributed by atoms with Crippen LogP contribution in [0.4, 0.5) is 0 Å². The molecule has 0 aromatic rings. The quantitative estimate of drug-likeness (QED) is 0.582. The maximum atomic E-state index is 11.0. The van der Waals surface area contributed by atoms with E-state index in [9.17, 15) is 14.4 Å². The van der Waals surface area contributed by atoms with Crippen LogP contribution in [0.3, 0.4) is 0 Å². The molecule has 0 aliphatic heterocycles. The summed E-state index contributed by atoms with van der Waals surface area (Å²) in [6, 6.07) is 0. The molecule has 0 unspecified atom stereocenters. The number of rotatable bonds is 7. The van der Waals surface area contributed by atoms with Gasteiger partial charge in [0.2, 0.25) is 5.91 Å².